The summed E-state index contributed by atoms with van der Waals surface area (Å²) < 4.78 is 0. The van der Waals surface area contributed by atoms with Crippen molar-refractivity contribution in [3.05, 3.63) is 29.6 Å². The van der Waals surface area contributed by atoms with Crippen molar-refractivity contribution in [2.45, 2.75) is 31.7 Å². The van der Waals surface area contributed by atoms with E-state index in [1.54, 1.807) is 35.3 Å². The molecule has 2 aliphatic heterocycles. The number of likely N-dealkylation sites (tertiary alicyclic amines) is 2. The Kier molecular flexibility index (Phi) is 4.03. The van der Waals surface area contributed by atoms with Gasteiger partial charge in [0, 0.05) is 39.0 Å². The maximum atomic E-state index is 12.7. The van der Waals surface area contributed by atoms with Gasteiger partial charge in [-0.05, 0) is 31.4 Å². The number of carboxylic acid groups (broad SMARTS) is 1. The van der Waals surface area contributed by atoms with Crippen LogP contribution in [0.2, 0.25) is 0 Å². The highest BCUT2D eigenvalue weighted by molar-refractivity contribution is 5.95. The molecule has 1 unspecified atom stereocenters. The maximum Gasteiger partial charge on any atom is 0.309 e. The molecule has 3 rings (SSSR count). The molecule has 3 heterocycles. The van der Waals surface area contributed by atoms with Gasteiger partial charge < -0.3 is 14.9 Å². The number of aromatic nitrogens is 1. The molecule has 2 aliphatic rings. The number of rotatable bonds is 2. The Bertz CT molecular complexity index is 695. The number of carbonyl (C=O) groups is 3. The Hall–Kier alpha value is -2.44. The first kappa shape index (κ1) is 16.4. The first-order chi connectivity index (χ1) is 11.4. The zero-order valence-corrected chi connectivity index (χ0v) is 13.9. The molecule has 0 bridgehead atoms. The highest BCUT2D eigenvalue weighted by atomic mass is 16.4. The summed E-state index contributed by atoms with van der Waals surface area (Å²) >= 11 is 0. The Morgan fingerprint density at radius 1 is 1.33 bits per heavy atom. The van der Waals surface area contributed by atoms with Gasteiger partial charge in [-0.15, -0.1) is 0 Å². The zero-order valence-electron chi connectivity index (χ0n) is 13.9. The van der Waals surface area contributed by atoms with Crippen molar-refractivity contribution in [1.82, 2.24) is 14.8 Å². The Morgan fingerprint density at radius 3 is 2.58 bits per heavy atom. The lowest BCUT2D eigenvalue weighted by Gasteiger charge is -2.45. The monoisotopic (exact) mass is 331 g/mol. The van der Waals surface area contributed by atoms with E-state index in [4.69, 9.17) is 0 Å². The standard InChI is InChI=1S/C17H21N3O4/c1-11-3-6-18-10-12(11)15(22)20-7-4-17(5-8-20)13(16(23)24)9-14(21)19(17)2/h3,6,10,13H,4-5,7-9H2,1-2H3,(H,23,24). The summed E-state index contributed by atoms with van der Waals surface area (Å²) in [5.41, 5.74) is 0.759. The van der Waals surface area contributed by atoms with Crippen molar-refractivity contribution in [3.63, 3.8) is 0 Å². The molecule has 1 N–H and O–H groups in total. The number of aliphatic carboxylic acids is 1. The zero-order chi connectivity index (χ0) is 17.5. The third-order valence-electron chi connectivity index (χ3n) is 5.55. The van der Waals surface area contributed by atoms with Crippen LogP contribution in [0, 0.1) is 12.8 Å². The van der Waals surface area contributed by atoms with Crippen LogP contribution in [0.4, 0.5) is 0 Å². The molecular formula is C17H21N3O4. The highest BCUT2D eigenvalue weighted by Gasteiger charge is 2.55. The topological polar surface area (TPSA) is 90.8 Å². The van der Waals surface area contributed by atoms with Gasteiger partial charge in [-0.1, -0.05) is 0 Å². The van der Waals surface area contributed by atoms with Crippen LogP contribution in [0.5, 0.6) is 0 Å². The van der Waals surface area contributed by atoms with Crippen molar-refractivity contribution in [1.29, 1.82) is 0 Å². The molecule has 7 nitrogen and oxygen atoms in total. The summed E-state index contributed by atoms with van der Waals surface area (Å²) in [5.74, 6) is -1.86. The van der Waals surface area contributed by atoms with Gasteiger partial charge in [-0.3, -0.25) is 19.4 Å². The van der Waals surface area contributed by atoms with E-state index in [0.717, 1.165) is 5.56 Å². The first-order valence-corrected chi connectivity index (χ1v) is 8.06. The van der Waals surface area contributed by atoms with Crippen LogP contribution in [0.25, 0.3) is 0 Å². The van der Waals surface area contributed by atoms with Gasteiger partial charge in [0.2, 0.25) is 5.91 Å². The largest absolute Gasteiger partial charge is 0.481 e. The van der Waals surface area contributed by atoms with Crippen molar-refractivity contribution in [2.24, 2.45) is 5.92 Å². The molecule has 1 aromatic rings. The van der Waals surface area contributed by atoms with Gasteiger partial charge in [0.1, 0.15) is 0 Å². The fourth-order valence-electron chi connectivity index (χ4n) is 3.94. The van der Waals surface area contributed by atoms with Crippen LogP contribution in [0.1, 0.15) is 35.2 Å². The van der Waals surface area contributed by atoms with E-state index in [1.807, 2.05) is 6.92 Å². The number of hydrogen-bond acceptors (Lipinski definition) is 4. The van der Waals surface area contributed by atoms with Gasteiger partial charge in [0.05, 0.1) is 17.0 Å². The third-order valence-corrected chi connectivity index (χ3v) is 5.55. The van der Waals surface area contributed by atoms with Gasteiger partial charge in [0.15, 0.2) is 0 Å². The summed E-state index contributed by atoms with van der Waals surface area (Å²) in [7, 11) is 1.67. The maximum absolute atomic E-state index is 12.7. The fourth-order valence-corrected chi connectivity index (χ4v) is 3.94. The summed E-state index contributed by atoms with van der Waals surface area (Å²) in [4.78, 5) is 43.6. The number of hydrogen-bond donors (Lipinski definition) is 1. The normalized spacial score (nSPS) is 22.9. The molecule has 2 saturated heterocycles. The molecule has 2 fully saturated rings. The van der Waals surface area contributed by atoms with E-state index >= 15 is 0 Å². The lowest BCUT2D eigenvalue weighted by molar-refractivity contribution is -0.145. The predicted molar refractivity (Wildman–Crippen MR) is 85.4 cm³/mol. The second-order valence-corrected chi connectivity index (χ2v) is 6.63. The SMILES string of the molecule is Cc1ccncc1C(=O)N1CCC2(CC1)C(C(=O)O)CC(=O)N2C. The number of nitrogens with zero attached hydrogens (tertiary/aromatic N) is 3. The van der Waals surface area contributed by atoms with Gasteiger partial charge >= 0.3 is 5.97 Å². The lowest BCUT2D eigenvalue weighted by Crippen LogP contribution is -2.57. The average Bonchev–Trinajstić information content (AvgIpc) is 2.81. The van der Waals surface area contributed by atoms with Crippen LogP contribution in [0.15, 0.2) is 18.5 Å². The van der Waals surface area contributed by atoms with Gasteiger partial charge in [-0.25, -0.2) is 0 Å². The Labute approximate surface area is 140 Å². The number of carbonyl (C=O) groups excluding carboxylic acids is 2. The second kappa shape index (κ2) is 5.89. The number of pyridine rings is 1. The highest BCUT2D eigenvalue weighted by Crippen LogP contribution is 2.43. The first-order valence-electron chi connectivity index (χ1n) is 8.06. The summed E-state index contributed by atoms with van der Waals surface area (Å²) in [6.45, 7) is 2.74. The van der Waals surface area contributed by atoms with E-state index in [9.17, 15) is 19.5 Å². The van der Waals surface area contributed by atoms with Crippen molar-refractivity contribution in [3.8, 4) is 0 Å². The van der Waals surface area contributed by atoms with Crippen LogP contribution in [-0.2, 0) is 9.59 Å². The van der Waals surface area contributed by atoms with E-state index in [1.165, 1.54) is 0 Å². The van der Waals surface area contributed by atoms with E-state index in [0.29, 0.717) is 31.5 Å². The fraction of sp³-hybridized carbons (Fsp3) is 0.529. The smallest absolute Gasteiger partial charge is 0.309 e. The molecule has 1 atom stereocenters. The molecule has 128 valence electrons. The lowest BCUT2D eigenvalue weighted by atomic mass is 9.77. The van der Waals surface area contributed by atoms with Crippen LogP contribution >= 0.6 is 0 Å². The molecule has 0 radical (unpaired) electrons. The average molecular weight is 331 g/mol. The van der Waals surface area contributed by atoms with Gasteiger partial charge in [-0.2, -0.15) is 0 Å². The van der Waals surface area contributed by atoms with Crippen LogP contribution in [0.3, 0.4) is 0 Å². The number of aryl methyl sites for hydroxylation is 1. The number of piperidine rings is 1. The molecule has 7 heteroatoms. The number of carboxylic acids is 1. The Balaban J connectivity index is 1.78. The molecule has 24 heavy (non-hydrogen) atoms. The second-order valence-electron chi connectivity index (χ2n) is 6.63. The summed E-state index contributed by atoms with van der Waals surface area (Å²) in [5, 5.41) is 9.49. The van der Waals surface area contributed by atoms with Crippen LogP contribution in [-0.4, -0.2) is 63.4 Å². The molecule has 0 aromatic carbocycles. The molecule has 0 aliphatic carbocycles. The Morgan fingerprint density at radius 2 is 2.00 bits per heavy atom. The minimum absolute atomic E-state index is 0.0431. The minimum atomic E-state index is -0.935. The predicted octanol–water partition coefficient (Wildman–Crippen LogP) is 0.928. The number of amides is 2. The van der Waals surface area contributed by atoms with Crippen molar-refractivity contribution < 1.29 is 19.5 Å². The minimum Gasteiger partial charge on any atom is -0.481 e. The molecular weight excluding hydrogens is 310 g/mol. The molecule has 1 aromatic heterocycles. The molecule has 2 amide bonds. The quantitative estimate of drug-likeness (QED) is 0.870. The molecule has 0 saturated carbocycles. The van der Waals surface area contributed by atoms with Crippen molar-refractivity contribution in [2.75, 3.05) is 20.1 Å². The van der Waals surface area contributed by atoms with Gasteiger partial charge in [0.25, 0.3) is 5.91 Å². The van der Waals surface area contributed by atoms with Crippen LogP contribution < -0.4 is 0 Å². The molecule has 1 spiro atoms. The summed E-state index contributed by atoms with van der Waals surface area (Å²) in [6, 6.07) is 1.79. The summed E-state index contributed by atoms with van der Waals surface area (Å²) in [6.07, 6.45) is 4.22. The van der Waals surface area contributed by atoms with E-state index in [-0.39, 0.29) is 18.2 Å². The third kappa shape index (κ3) is 2.44. The van der Waals surface area contributed by atoms with Crippen molar-refractivity contribution >= 4 is 17.8 Å². The van der Waals surface area contributed by atoms with E-state index in [2.05, 4.69) is 4.98 Å². The van der Waals surface area contributed by atoms with E-state index < -0.39 is 17.4 Å².